The van der Waals surface area contributed by atoms with Crippen LogP contribution in [0.5, 0.6) is 0 Å². The zero-order valence-corrected chi connectivity index (χ0v) is 11.2. The van der Waals surface area contributed by atoms with Gasteiger partial charge in [0.1, 0.15) is 0 Å². The van der Waals surface area contributed by atoms with E-state index in [0.29, 0.717) is 0 Å². The minimum atomic E-state index is 0.989. The smallest absolute Gasteiger partial charge is 0.150 e. The van der Waals surface area contributed by atoms with Crippen LogP contribution in [0.1, 0.15) is 16.8 Å². The molecule has 0 aliphatic heterocycles. The second kappa shape index (κ2) is 4.24. The van der Waals surface area contributed by atoms with E-state index in [0.717, 1.165) is 17.2 Å². The molecule has 1 aromatic heterocycles. The van der Waals surface area contributed by atoms with Gasteiger partial charge in [-0.2, -0.15) is 5.10 Å². The predicted octanol–water partition coefficient (Wildman–Crippen LogP) is 2.86. The molecule has 2 rings (SSSR count). The first-order chi connectivity index (χ1) is 7.99. The maximum atomic E-state index is 4.62. The van der Waals surface area contributed by atoms with Crippen LogP contribution >= 0.6 is 0 Å². The fraction of sp³-hybridized carbons (Fsp3) is 0.357. The summed E-state index contributed by atoms with van der Waals surface area (Å²) < 4.78 is 2.01. The first-order valence-corrected chi connectivity index (χ1v) is 5.80. The molecule has 1 aromatic carbocycles. The monoisotopic (exact) mass is 229 g/mol. The van der Waals surface area contributed by atoms with Crippen molar-refractivity contribution in [2.75, 3.05) is 19.0 Å². The van der Waals surface area contributed by atoms with Crippen molar-refractivity contribution in [1.82, 2.24) is 9.78 Å². The molecular weight excluding hydrogens is 210 g/mol. The Morgan fingerprint density at radius 1 is 1.06 bits per heavy atom. The Balaban J connectivity index is 2.56. The summed E-state index contributed by atoms with van der Waals surface area (Å²) in [5, 5.41) is 4.62. The molecule has 1 heterocycles. The fourth-order valence-electron chi connectivity index (χ4n) is 1.87. The van der Waals surface area contributed by atoms with E-state index in [2.05, 4.69) is 50.1 Å². The van der Waals surface area contributed by atoms with Gasteiger partial charge in [-0.15, -0.1) is 0 Å². The van der Waals surface area contributed by atoms with E-state index in [4.69, 9.17) is 0 Å². The zero-order valence-electron chi connectivity index (χ0n) is 11.2. The standard InChI is InChI=1S/C14H19N3/c1-10-6-7-11(2)13(8-10)17-12(3)9-14(15-17)16(4)5/h6-9H,1-5H3. The van der Waals surface area contributed by atoms with Gasteiger partial charge in [0.05, 0.1) is 5.69 Å². The summed E-state index contributed by atoms with van der Waals surface area (Å²) in [5.41, 5.74) is 4.82. The molecule has 0 atom stereocenters. The van der Waals surface area contributed by atoms with E-state index >= 15 is 0 Å². The third-order valence-electron chi connectivity index (χ3n) is 2.93. The maximum absolute atomic E-state index is 4.62. The summed E-state index contributed by atoms with van der Waals surface area (Å²) >= 11 is 0. The Hall–Kier alpha value is -1.77. The Kier molecular flexibility index (Phi) is 2.92. The molecule has 0 amide bonds. The van der Waals surface area contributed by atoms with Gasteiger partial charge < -0.3 is 4.90 Å². The van der Waals surface area contributed by atoms with E-state index in [9.17, 15) is 0 Å². The van der Waals surface area contributed by atoms with Gasteiger partial charge in [-0.3, -0.25) is 0 Å². The molecule has 0 aliphatic carbocycles. The minimum Gasteiger partial charge on any atom is -0.361 e. The number of nitrogens with zero attached hydrogens (tertiary/aromatic N) is 3. The van der Waals surface area contributed by atoms with Gasteiger partial charge in [0, 0.05) is 25.9 Å². The van der Waals surface area contributed by atoms with Crippen molar-refractivity contribution in [1.29, 1.82) is 0 Å². The van der Waals surface area contributed by atoms with Crippen LogP contribution in [0.15, 0.2) is 24.3 Å². The van der Waals surface area contributed by atoms with Gasteiger partial charge in [0.15, 0.2) is 5.82 Å². The predicted molar refractivity (Wildman–Crippen MR) is 72.1 cm³/mol. The van der Waals surface area contributed by atoms with Crippen LogP contribution in [0.3, 0.4) is 0 Å². The summed E-state index contributed by atoms with van der Waals surface area (Å²) in [6.07, 6.45) is 0. The van der Waals surface area contributed by atoms with E-state index in [1.165, 1.54) is 11.1 Å². The lowest BCUT2D eigenvalue weighted by molar-refractivity contribution is 0.830. The summed E-state index contributed by atoms with van der Waals surface area (Å²) in [4.78, 5) is 2.02. The number of aryl methyl sites for hydroxylation is 3. The van der Waals surface area contributed by atoms with E-state index in [1.807, 2.05) is 23.7 Å². The van der Waals surface area contributed by atoms with Crippen molar-refractivity contribution < 1.29 is 0 Å². The molecule has 0 fully saturated rings. The van der Waals surface area contributed by atoms with Crippen LogP contribution in [-0.2, 0) is 0 Å². The van der Waals surface area contributed by atoms with Crippen LogP contribution < -0.4 is 4.90 Å². The van der Waals surface area contributed by atoms with Gasteiger partial charge in [0.25, 0.3) is 0 Å². The zero-order chi connectivity index (χ0) is 12.6. The molecule has 3 nitrogen and oxygen atoms in total. The van der Waals surface area contributed by atoms with Crippen molar-refractivity contribution >= 4 is 5.82 Å². The minimum absolute atomic E-state index is 0.989. The third kappa shape index (κ3) is 2.18. The molecule has 90 valence electrons. The molecule has 0 saturated heterocycles. The Bertz CT molecular complexity index is 538. The molecule has 0 N–H and O–H groups in total. The van der Waals surface area contributed by atoms with Crippen LogP contribution in [0.2, 0.25) is 0 Å². The lowest BCUT2D eigenvalue weighted by Gasteiger charge is -2.10. The van der Waals surface area contributed by atoms with Crippen molar-refractivity contribution in [2.45, 2.75) is 20.8 Å². The van der Waals surface area contributed by atoms with Crippen molar-refractivity contribution in [2.24, 2.45) is 0 Å². The highest BCUT2D eigenvalue weighted by Gasteiger charge is 2.09. The Morgan fingerprint density at radius 2 is 1.76 bits per heavy atom. The van der Waals surface area contributed by atoms with Gasteiger partial charge in [-0.05, 0) is 38.0 Å². The van der Waals surface area contributed by atoms with Crippen molar-refractivity contribution in [3.05, 3.63) is 41.1 Å². The third-order valence-corrected chi connectivity index (χ3v) is 2.93. The van der Waals surface area contributed by atoms with Crippen molar-refractivity contribution in [3.63, 3.8) is 0 Å². The number of rotatable bonds is 2. The lowest BCUT2D eigenvalue weighted by atomic mass is 10.1. The summed E-state index contributed by atoms with van der Waals surface area (Å²) in [7, 11) is 4.02. The maximum Gasteiger partial charge on any atom is 0.150 e. The molecule has 0 spiro atoms. The highest BCUT2D eigenvalue weighted by Crippen LogP contribution is 2.20. The first-order valence-electron chi connectivity index (χ1n) is 5.80. The van der Waals surface area contributed by atoms with Crippen LogP contribution in [0.25, 0.3) is 5.69 Å². The number of aromatic nitrogens is 2. The summed E-state index contributed by atoms with van der Waals surface area (Å²) in [6.45, 7) is 6.31. The fourth-order valence-corrected chi connectivity index (χ4v) is 1.87. The molecule has 0 saturated carbocycles. The Labute approximate surface area is 103 Å². The molecule has 0 aliphatic rings. The van der Waals surface area contributed by atoms with Crippen LogP contribution in [0.4, 0.5) is 5.82 Å². The van der Waals surface area contributed by atoms with E-state index in [-0.39, 0.29) is 0 Å². The Morgan fingerprint density at radius 3 is 2.35 bits per heavy atom. The SMILES string of the molecule is Cc1ccc(C)c(-n2nc(N(C)C)cc2C)c1. The average Bonchev–Trinajstić information content (AvgIpc) is 2.64. The second-order valence-electron chi connectivity index (χ2n) is 4.74. The molecule has 0 unspecified atom stereocenters. The highest BCUT2D eigenvalue weighted by atomic mass is 15.3. The lowest BCUT2D eigenvalue weighted by Crippen LogP contribution is -2.10. The van der Waals surface area contributed by atoms with Gasteiger partial charge in [-0.1, -0.05) is 12.1 Å². The summed E-state index contributed by atoms with van der Waals surface area (Å²) in [6, 6.07) is 8.54. The second-order valence-corrected chi connectivity index (χ2v) is 4.74. The average molecular weight is 229 g/mol. The molecule has 3 heteroatoms. The number of anilines is 1. The normalized spacial score (nSPS) is 10.6. The van der Waals surface area contributed by atoms with Crippen molar-refractivity contribution in [3.8, 4) is 5.69 Å². The number of benzene rings is 1. The van der Waals surface area contributed by atoms with Crippen LogP contribution in [0, 0.1) is 20.8 Å². The molecular formula is C14H19N3. The highest BCUT2D eigenvalue weighted by molar-refractivity contribution is 5.47. The molecule has 2 aromatic rings. The first kappa shape index (κ1) is 11.7. The van der Waals surface area contributed by atoms with E-state index in [1.54, 1.807) is 0 Å². The van der Waals surface area contributed by atoms with Crippen LogP contribution in [-0.4, -0.2) is 23.9 Å². The number of hydrogen-bond donors (Lipinski definition) is 0. The largest absolute Gasteiger partial charge is 0.361 e. The van der Waals surface area contributed by atoms with Gasteiger partial charge in [0.2, 0.25) is 0 Å². The molecule has 0 bridgehead atoms. The van der Waals surface area contributed by atoms with Gasteiger partial charge in [-0.25, -0.2) is 4.68 Å². The van der Waals surface area contributed by atoms with Gasteiger partial charge >= 0.3 is 0 Å². The quantitative estimate of drug-likeness (QED) is 0.789. The number of hydrogen-bond acceptors (Lipinski definition) is 2. The van der Waals surface area contributed by atoms with E-state index < -0.39 is 0 Å². The molecule has 0 radical (unpaired) electrons. The molecule has 17 heavy (non-hydrogen) atoms. The summed E-state index contributed by atoms with van der Waals surface area (Å²) in [5.74, 6) is 0.989. The topological polar surface area (TPSA) is 21.1 Å².